The first kappa shape index (κ1) is 15.4. The first-order chi connectivity index (χ1) is 8.84. The fourth-order valence-corrected chi connectivity index (χ4v) is 3.69. The number of rotatable bonds is 6. The molecule has 1 unspecified atom stereocenters. The summed E-state index contributed by atoms with van der Waals surface area (Å²) in [5.41, 5.74) is 0. The van der Waals surface area contributed by atoms with Gasteiger partial charge in [-0.25, -0.2) is 8.42 Å². The van der Waals surface area contributed by atoms with Crippen LogP contribution in [0.4, 0.5) is 0 Å². The summed E-state index contributed by atoms with van der Waals surface area (Å²) in [5, 5.41) is 19.4. The lowest BCUT2D eigenvalue weighted by molar-refractivity contribution is -0.139. The number of nitriles is 1. The molecule has 0 aliphatic carbocycles. The van der Waals surface area contributed by atoms with Crippen molar-refractivity contribution in [3.8, 4) is 6.07 Å². The highest BCUT2D eigenvalue weighted by Gasteiger charge is 2.33. The number of hydrogen-bond donors (Lipinski definition) is 2. The van der Waals surface area contributed by atoms with Crippen LogP contribution in [0.3, 0.4) is 0 Å². The van der Waals surface area contributed by atoms with Crippen LogP contribution in [0.1, 0.15) is 6.42 Å². The Kier molecular flexibility index (Phi) is 5.26. The number of hydrogen-bond acceptors (Lipinski definition) is 6. The molecule has 1 fully saturated rings. The fourth-order valence-electron chi connectivity index (χ4n) is 1.93. The van der Waals surface area contributed by atoms with E-state index in [1.165, 1.54) is 4.90 Å². The van der Waals surface area contributed by atoms with Crippen molar-refractivity contribution in [3.05, 3.63) is 0 Å². The monoisotopic (exact) mass is 289 g/mol. The zero-order valence-corrected chi connectivity index (χ0v) is 11.0. The molecular weight excluding hydrogens is 274 g/mol. The van der Waals surface area contributed by atoms with Crippen molar-refractivity contribution in [2.75, 3.05) is 31.1 Å². The van der Waals surface area contributed by atoms with Gasteiger partial charge in [-0.3, -0.25) is 14.5 Å². The summed E-state index contributed by atoms with van der Waals surface area (Å²) in [6.45, 7) is -0.795. The number of nitrogens with one attached hydrogen (secondary N) is 1. The largest absolute Gasteiger partial charge is 0.480 e. The summed E-state index contributed by atoms with van der Waals surface area (Å²) >= 11 is 0. The second-order valence-electron chi connectivity index (χ2n) is 4.29. The van der Waals surface area contributed by atoms with Gasteiger partial charge in [-0.1, -0.05) is 0 Å². The molecule has 9 heteroatoms. The van der Waals surface area contributed by atoms with Crippen LogP contribution in [0.15, 0.2) is 0 Å². The highest BCUT2D eigenvalue weighted by molar-refractivity contribution is 7.91. The Hall–Kier alpha value is -1.66. The maximum Gasteiger partial charge on any atom is 0.317 e. The molecule has 0 radical (unpaired) electrons. The third kappa shape index (κ3) is 5.23. The smallest absolute Gasteiger partial charge is 0.317 e. The fraction of sp³-hybridized carbons (Fsp3) is 0.700. The number of carbonyl (C=O) groups is 2. The lowest BCUT2D eigenvalue weighted by Crippen LogP contribution is -2.46. The summed E-state index contributed by atoms with van der Waals surface area (Å²) in [5.74, 6) is -1.75. The normalized spacial score (nSPS) is 20.9. The van der Waals surface area contributed by atoms with Gasteiger partial charge in [-0.2, -0.15) is 5.26 Å². The first-order valence-electron chi connectivity index (χ1n) is 5.64. The van der Waals surface area contributed by atoms with E-state index in [1.807, 2.05) is 0 Å². The van der Waals surface area contributed by atoms with Gasteiger partial charge in [0.2, 0.25) is 5.91 Å². The number of amides is 1. The molecule has 0 spiro atoms. The lowest BCUT2D eigenvalue weighted by atomic mass is 10.2. The van der Waals surface area contributed by atoms with Crippen LogP contribution < -0.4 is 5.32 Å². The second-order valence-corrected chi connectivity index (χ2v) is 6.52. The maximum atomic E-state index is 11.5. The number of nitrogens with zero attached hydrogens (tertiary/aromatic N) is 2. The van der Waals surface area contributed by atoms with E-state index in [2.05, 4.69) is 5.32 Å². The summed E-state index contributed by atoms with van der Waals surface area (Å²) in [4.78, 5) is 23.5. The molecule has 0 saturated carbocycles. The minimum absolute atomic E-state index is 0.00754. The van der Waals surface area contributed by atoms with Crippen molar-refractivity contribution in [3.63, 3.8) is 0 Å². The molecule has 1 amide bonds. The molecule has 0 aromatic carbocycles. The molecule has 1 atom stereocenters. The minimum Gasteiger partial charge on any atom is -0.480 e. The number of aliphatic carboxylic acids is 1. The average molecular weight is 289 g/mol. The van der Waals surface area contributed by atoms with Gasteiger partial charge in [0.1, 0.15) is 6.54 Å². The Bertz CT molecular complexity index is 496. The molecule has 1 rings (SSSR count). The average Bonchev–Trinajstić information content (AvgIpc) is 2.65. The first-order valence-corrected chi connectivity index (χ1v) is 7.46. The number of carbonyl (C=O) groups excluding carboxylic acids is 1. The van der Waals surface area contributed by atoms with Crippen LogP contribution >= 0.6 is 0 Å². The second kappa shape index (κ2) is 6.49. The number of sulfone groups is 1. The van der Waals surface area contributed by atoms with E-state index in [9.17, 15) is 18.0 Å². The van der Waals surface area contributed by atoms with Crippen molar-refractivity contribution in [2.24, 2.45) is 0 Å². The molecule has 1 heterocycles. The molecule has 0 aromatic heterocycles. The van der Waals surface area contributed by atoms with Gasteiger partial charge < -0.3 is 10.4 Å². The van der Waals surface area contributed by atoms with Gasteiger partial charge in [0.05, 0.1) is 30.7 Å². The van der Waals surface area contributed by atoms with Crippen molar-refractivity contribution >= 4 is 21.7 Å². The molecule has 8 nitrogen and oxygen atoms in total. The summed E-state index contributed by atoms with van der Waals surface area (Å²) in [6, 6.07) is 1.27. The van der Waals surface area contributed by atoms with Crippen LogP contribution in [0, 0.1) is 11.3 Å². The van der Waals surface area contributed by atoms with Crippen molar-refractivity contribution in [1.29, 1.82) is 5.26 Å². The van der Waals surface area contributed by atoms with E-state index >= 15 is 0 Å². The predicted octanol–water partition coefficient (Wildman–Crippen LogP) is -1.80. The summed E-state index contributed by atoms with van der Waals surface area (Å²) < 4.78 is 22.7. The maximum absolute atomic E-state index is 11.5. The topological polar surface area (TPSA) is 128 Å². The Morgan fingerprint density at radius 3 is 2.58 bits per heavy atom. The third-order valence-corrected chi connectivity index (χ3v) is 4.52. The van der Waals surface area contributed by atoms with Gasteiger partial charge in [-0.15, -0.1) is 0 Å². The molecule has 19 heavy (non-hydrogen) atoms. The standard InChI is InChI=1S/C10H15N3O5S/c11-2-3-12-9(14)5-13(6-10(15)16)8-1-4-19(17,18)7-8/h8H,1,3-7H2,(H,12,14)(H,15,16). The van der Waals surface area contributed by atoms with Crippen molar-refractivity contribution in [2.45, 2.75) is 12.5 Å². The molecule has 1 aliphatic rings. The zero-order valence-electron chi connectivity index (χ0n) is 10.2. The van der Waals surface area contributed by atoms with Gasteiger partial charge in [0.15, 0.2) is 9.84 Å². The van der Waals surface area contributed by atoms with E-state index in [0.29, 0.717) is 6.42 Å². The number of carboxylic acid groups (broad SMARTS) is 1. The van der Waals surface area contributed by atoms with Gasteiger partial charge in [-0.05, 0) is 6.42 Å². The number of carboxylic acids is 1. The highest BCUT2D eigenvalue weighted by Crippen LogP contribution is 2.17. The van der Waals surface area contributed by atoms with E-state index < -0.39 is 34.3 Å². The lowest BCUT2D eigenvalue weighted by Gasteiger charge is -2.25. The van der Waals surface area contributed by atoms with Crippen molar-refractivity contribution in [1.82, 2.24) is 10.2 Å². The van der Waals surface area contributed by atoms with Crippen LogP contribution in [0.5, 0.6) is 0 Å². The van der Waals surface area contributed by atoms with Gasteiger partial charge in [0.25, 0.3) is 0 Å². The van der Waals surface area contributed by atoms with Gasteiger partial charge >= 0.3 is 5.97 Å². The minimum atomic E-state index is -3.15. The molecular formula is C10H15N3O5S. The summed E-state index contributed by atoms with van der Waals surface area (Å²) in [6.07, 6.45) is 0.321. The Labute approximate surface area is 110 Å². The van der Waals surface area contributed by atoms with Crippen LogP contribution in [-0.2, 0) is 19.4 Å². The SMILES string of the molecule is N#CCNC(=O)CN(CC(=O)O)C1CCS(=O)(=O)C1. The van der Waals surface area contributed by atoms with E-state index in [1.54, 1.807) is 6.07 Å². The molecule has 1 saturated heterocycles. The predicted molar refractivity (Wildman–Crippen MR) is 64.9 cm³/mol. The van der Waals surface area contributed by atoms with E-state index in [0.717, 1.165) is 0 Å². The van der Waals surface area contributed by atoms with Crippen LogP contribution in [0.25, 0.3) is 0 Å². The highest BCUT2D eigenvalue weighted by atomic mass is 32.2. The third-order valence-electron chi connectivity index (χ3n) is 2.77. The molecule has 0 aromatic rings. The van der Waals surface area contributed by atoms with Crippen LogP contribution in [-0.4, -0.2) is 67.5 Å². The van der Waals surface area contributed by atoms with E-state index in [4.69, 9.17) is 10.4 Å². The molecule has 0 bridgehead atoms. The Morgan fingerprint density at radius 1 is 1.42 bits per heavy atom. The molecule has 1 aliphatic heterocycles. The molecule has 2 N–H and O–H groups in total. The van der Waals surface area contributed by atoms with Crippen LogP contribution in [0.2, 0.25) is 0 Å². The Morgan fingerprint density at radius 2 is 2.11 bits per heavy atom. The van der Waals surface area contributed by atoms with E-state index in [-0.39, 0.29) is 24.6 Å². The zero-order chi connectivity index (χ0) is 14.5. The quantitative estimate of drug-likeness (QED) is 0.552. The summed E-state index contributed by atoms with van der Waals surface area (Å²) in [7, 11) is -3.15. The van der Waals surface area contributed by atoms with Crippen molar-refractivity contribution < 1.29 is 23.1 Å². The van der Waals surface area contributed by atoms with Gasteiger partial charge in [0, 0.05) is 6.04 Å². The Balaban J connectivity index is 2.65. The molecule has 106 valence electrons.